The van der Waals surface area contributed by atoms with Crippen LogP contribution in [-0.2, 0) is 17.8 Å². The third-order valence-electron chi connectivity index (χ3n) is 3.58. The summed E-state index contributed by atoms with van der Waals surface area (Å²) < 4.78 is 5.54. The highest BCUT2D eigenvalue weighted by molar-refractivity contribution is 5.16. The maximum Gasteiger partial charge on any atom is 0.0478 e. The molecule has 3 heteroatoms. The zero-order valence-corrected chi connectivity index (χ0v) is 16.1. The van der Waals surface area contributed by atoms with E-state index in [1.54, 1.807) is 0 Å². The molecule has 0 aromatic heterocycles. The van der Waals surface area contributed by atoms with Gasteiger partial charge in [-0.2, -0.15) is 0 Å². The van der Waals surface area contributed by atoms with Crippen LogP contribution in [0.3, 0.4) is 0 Å². The molecular formula is C22H34N2O. The van der Waals surface area contributed by atoms with E-state index in [4.69, 9.17) is 4.74 Å². The molecule has 3 nitrogen and oxygen atoms in total. The van der Waals surface area contributed by atoms with Crippen LogP contribution in [0.15, 0.2) is 60.7 Å². The summed E-state index contributed by atoms with van der Waals surface area (Å²) in [5, 5.41) is 2.28. The zero-order chi connectivity index (χ0) is 18.2. The lowest BCUT2D eigenvalue weighted by Gasteiger charge is -2.24. The number of rotatable bonds is 11. The number of hydrogen-bond acceptors (Lipinski definition) is 3. The van der Waals surface area contributed by atoms with Crippen LogP contribution in [0, 0.1) is 0 Å². The monoisotopic (exact) mass is 342 g/mol. The minimum Gasteiger partial charge on any atom is -0.381 e. The predicted octanol–water partition coefficient (Wildman–Crippen LogP) is 5.04. The van der Waals surface area contributed by atoms with E-state index in [1.807, 2.05) is 13.8 Å². The smallest absolute Gasteiger partial charge is 0.0478 e. The van der Waals surface area contributed by atoms with Gasteiger partial charge in [-0.25, -0.2) is 5.01 Å². The van der Waals surface area contributed by atoms with Gasteiger partial charge >= 0.3 is 0 Å². The lowest BCUT2D eigenvalue weighted by atomic mass is 10.2. The number of hydrogen-bond donors (Lipinski definition) is 1. The number of nitrogens with one attached hydrogen (secondary N) is 1. The molecule has 0 fully saturated rings. The second-order valence-corrected chi connectivity index (χ2v) is 5.70. The summed E-state index contributed by atoms with van der Waals surface area (Å²) in [5.74, 6) is 0. The van der Waals surface area contributed by atoms with Gasteiger partial charge in [0, 0.05) is 32.8 Å². The molecule has 0 atom stereocenters. The van der Waals surface area contributed by atoms with Crippen molar-refractivity contribution in [3.63, 3.8) is 0 Å². The Kier molecular flexibility index (Phi) is 12.5. The molecule has 2 aromatic rings. The van der Waals surface area contributed by atoms with Gasteiger partial charge in [-0.1, -0.05) is 81.4 Å². The Morgan fingerprint density at radius 3 is 1.80 bits per heavy atom. The topological polar surface area (TPSA) is 24.5 Å². The van der Waals surface area contributed by atoms with Crippen molar-refractivity contribution in [3.8, 4) is 0 Å². The second-order valence-electron chi connectivity index (χ2n) is 5.70. The Balaban J connectivity index is 0.00000151. The third-order valence-corrected chi connectivity index (χ3v) is 3.58. The first-order chi connectivity index (χ1) is 12.4. The Hall–Kier alpha value is -1.68. The van der Waals surface area contributed by atoms with Crippen molar-refractivity contribution in [2.75, 3.05) is 19.8 Å². The first-order valence-electron chi connectivity index (χ1n) is 9.52. The maximum absolute atomic E-state index is 5.54. The Labute approximate surface area is 154 Å². The first kappa shape index (κ1) is 21.4. The lowest BCUT2D eigenvalue weighted by molar-refractivity contribution is 0.116. The van der Waals surface area contributed by atoms with Gasteiger partial charge in [0.2, 0.25) is 0 Å². The Bertz CT molecular complexity index is 475. The van der Waals surface area contributed by atoms with E-state index in [0.717, 1.165) is 45.7 Å². The van der Waals surface area contributed by atoms with Crippen LogP contribution in [0.25, 0.3) is 0 Å². The average molecular weight is 343 g/mol. The number of hydrazine groups is 1. The van der Waals surface area contributed by atoms with Crippen molar-refractivity contribution >= 4 is 0 Å². The van der Waals surface area contributed by atoms with Crippen LogP contribution < -0.4 is 5.43 Å². The normalized spacial score (nSPS) is 10.4. The minimum absolute atomic E-state index is 0.825. The summed E-state index contributed by atoms with van der Waals surface area (Å²) in [4.78, 5) is 0. The molecule has 0 aliphatic heterocycles. The average Bonchev–Trinajstić information content (AvgIpc) is 2.68. The number of benzene rings is 2. The van der Waals surface area contributed by atoms with E-state index in [-0.39, 0.29) is 0 Å². The van der Waals surface area contributed by atoms with Crippen molar-refractivity contribution in [3.05, 3.63) is 71.8 Å². The van der Waals surface area contributed by atoms with E-state index < -0.39 is 0 Å². The Morgan fingerprint density at radius 1 is 0.800 bits per heavy atom. The van der Waals surface area contributed by atoms with E-state index in [9.17, 15) is 0 Å². The van der Waals surface area contributed by atoms with Crippen molar-refractivity contribution in [2.24, 2.45) is 0 Å². The van der Waals surface area contributed by atoms with Crippen LogP contribution in [0.5, 0.6) is 0 Å². The van der Waals surface area contributed by atoms with E-state index in [0.29, 0.717) is 0 Å². The van der Waals surface area contributed by atoms with Gasteiger partial charge in [0.1, 0.15) is 0 Å². The largest absolute Gasteiger partial charge is 0.381 e. The van der Waals surface area contributed by atoms with Crippen LogP contribution in [0.4, 0.5) is 0 Å². The fraction of sp³-hybridized carbons (Fsp3) is 0.455. The van der Waals surface area contributed by atoms with Crippen LogP contribution in [-0.4, -0.2) is 24.8 Å². The molecule has 0 amide bonds. The summed E-state index contributed by atoms with van der Waals surface area (Å²) in [6.45, 7) is 10.5. The molecule has 2 rings (SSSR count). The SMILES string of the molecule is CC.CCCOCCCNN(Cc1ccccc1)Cc1ccccc1. The summed E-state index contributed by atoms with van der Waals surface area (Å²) in [6, 6.07) is 21.2. The molecule has 0 heterocycles. The van der Waals surface area contributed by atoms with E-state index >= 15 is 0 Å². The molecule has 0 aliphatic carbocycles. The molecule has 0 radical (unpaired) electrons. The Morgan fingerprint density at radius 2 is 1.32 bits per heavy atom. The van der Waals surface area contributed by atoms with Gasteiger partial charge in [0.15, 0.2) is 0 Å². The van der Waals surface area contributed by atoms with Crippen LogP contribution in [0.2, 0.25) is 0 Å². The standard InChI is InChI=1S/C20H28N2O.C2H6/c1-2-15-23-16-9-14-21-22(17-19-10-5-3-6-11-19)18-20-12-7-4-8-13-20;1-2/h3-8,10-13,21H,2,9,14-18H2,1H3;1-2H3. The van der Waals surface area contributed by atoms with Gasteiger partial charge in [0.05, 0.1) is 0 Å². The summed E-state index contributed by atoms with van der Waals surface area (Å²) in [6.07, 6.45) is 2.11. The molecule has 1 N–H and O–H groups in total. The van der Waals surface area contributed by atoms with Gasteiger partial charge in [-0.3, -0.25) is 5.43 Å². The van der Waals surface area contributed by atoms with Crippen LogP contribution in [0.1, 0.15) is 44.7 Å². The fourth-order valence-corrected chi connectivity index (χ4v) is 2.43. The molecule has 0 bridgehead atoms. The molecule has 0 unspecified atom stereocenters. The summed E-state index contributed by atoms with van der Waals surface area (Å²) in [7, 11) is 0. The first-order valence-corrected chi connectivity index (χ1v) is 9.52. The molecule has 0 aliphatic rings. The van der Waals surface area contributed by atoms with E-state index in [1.165, 1.54) is 11.1 Å². The highest BCUT2D eigenvalue weighted by Crippen LogP contribution is 2.08. The molecule has 0 saturated carbocycles. The molecular weight excluding hydrogens is 308 g/mol. The van der Waals surface area contributed by atoms with Crippen molar-refractivity contribution in [1.29, 1.82) is 0 Å². The van der Waals surface area contributed by atoms with Gasteiger partial charge in [-0.05, 0) is 24.0 Å². The number of nitrogens with zero attached hydrogens (tertiary/aromatic N) is 1. The number of ether oxygens (including phenoxy) is 1. The highest BCUT2D eigenvalue weighted by Gasteiger charge is 2.06. The van der Waals surface area contributed by atoms with Gasteiger partial charge in [-0.15, -0.1) is 0 Å². The van der Waals surface area contributed by atoms with Crippen molar-refractivity contribution in [2.45, 2.75) is 46.7 Å². The van der Waals surface area contributed by atoms with Crippen LogP contribution >= 0.6 is 0 Å². The quantitative estimate of drug-likeness (QED) is 0.457. The van der Waals surface area contributed by atoms with Gasteiger partial charge in [0.25, 0.3) is 0 Å². The predicted molar refractivity (Wildman–Crippen MR) is 107 cm³/mol. The molecule has 2 aromatic carbocycles. The zero-order valence-electron chi connectivity index (χ0n) is 16.1. The molecule has 0 saturated heterocycles. The molecule has 0 spiro atoms. The minimum atomic E-state index is 0.825. The second kappa shape index (κ2) is 14.6. The third kappa shape index (κ3) is 10.0. The fourth-order valence-electron chi connectivity index (χ4n) is 2.43. The molecule has 25 heavy (non-hydrogen) atoms. The van der Waals surface area contributed by atoms with E-state index in [2.05, 4.69) is 78.0 Å². The molecule has 138 valence electrons. The summed E-state index contributed by atoms with van der Waals surface area (Å²) >= 11 is 0. The van der Waals surface area contributed by atoms with Crippen molar-refractivity contribution < 1.29 is 4.74 Å². The van der Waals surface area contributed by atoms with Gasteiger partial charge < -0.3 is 4.74 Å². The lowest BCUT2D eigenvalue weighted by Crippen LogP contribution is -2.37. The maximum atomic E-state index is 5.54. The van der Waals surface area contributed by atoms with Crippen molar-refractivity contribution in [1.82, 2.24) is 10.4 Å². The summed E-state index contributed by atoms with van der Waals surface area (Å²) in [5.41, 5.74) is 6.18. The highest BCUT2D eigenvalue weighted by atomic mass is 16.5.